The van der Waals surface area contributed by atoms with Crippen LogP contribution in [0.5, 0.6) is 0 Å². The van der Waals surface area contributed by atoms with Crippen LogP contribution >= 0.6 is 15.9 Å². The largest absolute Gasteiger partial charge is 0.371 e. The number of nitrogens with zero attached hydrogens (tertiary/aromatic N) is 2. The first-order valence-electron chi connectivity index (χ1n) is 5.29. The molecule has 16 heavy (non-hydrogen) atoms. The van der Waals surface area contributed by atoms with Gasteiger partial charge in [0.05, 0.1) is 15.0 Å². The van der Waals surface area contributed by atoms with Crippen LogP contribution in [-0.4, -0.2) is 18.0 Å². The normalized spacial score (nSPS) is 15.5. The van der Waals surface area contributed by atoms with E-state index >= 15 is 0 Å². The maximum atomic E-state index is 11.0. The molecule has 0 atom stereocenters. The van der Waals surface area contributed by atoms with Crippen LogP contribution in [0.1, 0.15) is 18.4 Å². The molecule has 1 aliphatic rings. The van der Waals surface area contributed by atoms with Gasteiger partial charge in [0.2, 0.25) is 0 Å². The summed E-state index contributed by atoms with van der Waals surface area (Å²) in [7, 11) is 0. The minimum absolute atomic E-state index is 0.185. The van der Waals surface area contributed by atoms with E-state index in [4.69, 9.17) is 0 Å². The molecule has 1 aromatic carbocycles. The highest BCUT2D eigenvalue weighted by Crippen LogP contribution is 2.36. The van der Waals surface area contributed by atoms with E-state index in [0.29, 0.717) is 4.47 Å². The van der Waals surface area contributed by atoms with Crippen molar-refractivity contribution in [2.45, 2.75) is 19.8 Å². The summed E-state index contributed by atoms with van der Waals surface area (Å²) in [6.07, 6.45) is 2.34. The van der Waals surface area contributed by atoms with Crippen molar-refractivity contribution in [2.24, 2.45) is 0 Å². The maximum Gasteiger partial charge on any atom is 0.288 e. The zero-order valence-corrected chi connectivity index (χ0v) is 10.7. The number of nitro groups is 1. The first-order chi connectivity index (χ1) is 7.61. The van der Waals surface area contributed by atoms with Crippen LogP contribution in [0.2, 0.25) is 0 Å². The molecule has 0 saturated carbocycles. The second kappa shape index (κ2) is 4.41. The van der Waals surface area contributed by atoms with E-state index in [2.05, 4.69) is 20.8 Å². The topological polar surface area (TPSA) is 46.4 Å². The van der Waals surface area contributed by atoms with Crippen molar-refractivity contribution in [1.82, 2.24) is 0 Å². The van der Waals surface area contributed by atoms with Crippen molar-refractivity contribution >= 4 is 27.3 Å². The van der Waals surface area contributed by atoms with Gasteiger partial charge < -0.3 is 4.90 Å². The van der Waals surface area contributed by atoms with Crippen LogP contribution in [0.25, 0.3) is 0 Å². The Morgan fingerprint density at radius 2 is 2.00 bits per heavy atom. The Morgan fingerprint density at radius 3 is 2.56 bits per heavy atom. The molecule has 5 heteroatoms. The molecule has 2 rings (SSSR count). The summed E-state index contributed by atoms with van der Waals surface area (Å²) in [6.45, 7) is 3.82. The van der Waals surface area contributed by atoms with Gasteiger partial charge in [0.1, 0.15) is 0 Å². The fourth-order valence-corrected chi connectivity index (χ4v) is 2.76. The molecule has 1 saturated heterocycles. The Bertz CT molecular complexity index is 428. The van der Waals surface area contributed by atoms with Gasteiger partial charge in [0.25, 0.3) is 5.69 Å². The smallest absolute Gasteiger partial charge is 0.288 e. The highest BCUT2D eigenvalue weighted by atomic mass is 79.9. The second-order valence-electron chi connectivity index (χ2n) is 3.99. The molecule has 1 heterocycles. The lowest BCUT2D eigenvalue weighted by atomic mass is 10.1. The number of hydrogen-bond acceptors (Lipinski definition) is 3. The van der Waals surface area contributed by atoms with Gasteiger partial charge in [-0.1, -0.05) is 0 Å². The summed E-state index contributed by atoms with van der Waals surface area (Å²) in [5.74, 6) is 0. The highest BCUT2D eigenvalue weighted by Gasteiger charge is 2.22. The van der Waals surface area contributed by atoms with Crippen molar-refractivity contribution in [1.29, 1.82) is 0 Å². The van der Waals surface area contributed by atoms with Crippen LogP contribution in [0.15, 0.2) is 16.6 Å². The van der Waals surface area contributed by atoms with Gasteiger partial charge in [-0.15, -0.1) is 0 Å². The lowest BCUT2D eigenvalue weighted by molar-refractivity contribution is -0.386. The predicted molar refractivity (Wildman–Crippen MR) is 67.0 cm³/mol. The average Bonchev–Trinajstić information content (AvgIpc) is 2.70. The van der Waals surface area contributed by atoms with Gasteiger partial charge >= 0.3 is 0 Å². The molecule has 0 aromatic heterocycles. The van der Waals surface area contributed by atoms with Gasteiger partial charge in [0, 0.05) is 18.8 Å². The van der Waals surface area contributed by atoms with Crippen LogP contribution in [0, 0.1) is 17.0 Å². The molecule has 0 radical (unpaired) electrons. The summed E-state index contributed by atoms with van der Waals surface area (Å²) >= 11 is 3.23. The predicted octanol–water partition coefficient (Wildman–Crippen LogP) is 3.27. The zero-order valence-electron chi connectivity index (χ0n) is 9.07. The van der Waals surface area contributed by atoms with Crippen molar-refractivity contribution in [2.75, 3.05) is 18.0 Å². The Kier molecular flexibility index (Phi) is 3.14. The van der Waals surface area contributed by atoms with Gasteiger partial charge in [-0.2, -0.15) is 0 Å². The molecule has 1 aromatic rings. The highest BCUT2D eigenvalue weighted by molar-refractivity contribution is 9.10. The summed E-state index contributed by atoms with van der Waals surface area (Å²) in [5.41, 5.74) is 1.93. The van der Waals surface area contributed by atoms with Crippen LogP contribution in [-0.2, 0) is 0 Å². The Hall–Kier alpha value is -1.10. The van der Waals surface area contributed by atoms with Gasteiger partial charge in [-0.05, 0) is 47.8 Å². The van der Waals surface area contributed by atoms with E-state index in [1.807, 2.05) is 13.0 Å². The van der Waals surface area contributed by atoms with E-state index in [0.717, 1.165) is 24.3 Å². The first kappa shape index (κ1) is 11.4. The monoisotopic (exact) mass is 284 g/mol. The number of nitro benzene ring substituents is 1. The third kappa shape index (κ3) is 1.91. The fraction of sp³-hybridized carbons (Fsp3) is 0.455. The lowest BCUT2D eigenvalue weighted by Gasteiger charge is -2.20. The third-order valence-corrected chi connectivity index (χ3v) is 3.62. The molecular weight excluding hydrogens is 272 g/mol. The van der Waals surface area contributed by atoms with Gasteiger partial charge in [-0.25, -0.2) is 0 Å². The van der Waals surface area contributed by atoms with Crippen molar-refractivity contribution in [3.63, 3.8) is 0 Å². The number of halogens is 1. The Morgan fingerprint density at radius 1 is 1.38 bits per heavy atom. The van der Waals surface area contributed by atoms with Crippen molar-refractivity contribution in [3.05, 3.63) is 32.3 Å². The van der Waals surface area contributed by atoms with Gasteiger partial charge in [-0.3, -0.25) is 10.1 Å². The summed E-state index contributed by atoms with van der Waals surface area (Å²) in [6, 6.07) is 3.72. The molecule has 0 amide bonds. The van der Waals surface area contributed by atoms with E-state index in [1.165, 1.54) is 12.8 Å². The van der Waals surface area contributed by atoms with Crippen LogP contribution in [0.3, 0.4) is 0 Å². The summed E-state index contributed by atoms with van der Waals surface area (Å²) < 4.78 is 0.554. The van der Waals surface area contributed by atoms with Crippen LogP contribution in [0.4, 0.5) is 11.4 Å². The minimum Gasteiger partial charge on any atom is -0.371 e. The molecule has 86 valence electrons. The molecule has 1 fully saturated rings. The SMILES string of the molecule is Cc1c(N2CCCC2)ccc(Br)c1[N+](=O)[O-]. The van der Waals surface area contributed by atoms with E-state index in [9.17, 15) is 10.1 Å². The molecule has 0 bridgehead atoms. The van der Waals surface area contributed by atoms with E-state index < -0.39 is 0 Å². The molecule has 0 unspecified atom stereocenters. The quantitative estimate of drug-likeness (QED) is 0.619. The third-order valence-electron chi connectivity index (χ3n) is 2.98. The molecule has 0 aliphatic carbocycles. The summed E-state index contributed by atoms with van der Waals surface area (Å²) in [5, 5.41) is 11.0. The lowest BCUT2D eigenvalue weighted by Crippen LogP contribution is -2.19. The van der Waals surface area contributed by atoms with Crippen molar-refractivity contribution < 1.29 is 4.92 Å². The average molecular weight is 285 g/mol. The van der Waals surface area contributed by atoms with E-state index in [-0.39, 0.29) is 10.6 Å². The van der Waals surface area contributed by atoms with Crippen molar-refractivity contribution in [3.8, 4) is 0 Å². The standard InChI is InChI=1S/C11H13BrN2O2/c1-8-10(13-6-2-3-7-13)5-4-9(12)11(8)14(15)16/h4-5H,2-3,6-7H2,1H3. The number of anilines is 1. The molecular formula is C11H13BrN2O2. The van der Waals surface area contributed by atoms with E-state index in [1.54, 1.807) is 6.07 Å². The number of hydrogen-bond donors (Lipinski definition) is 0. The molecule has 4 nitrogen and oxygen atoms in total. The number of benzene rings is 1. The second-order valence-corrected chi connectivity index (χ2v) is 4.85. The molecule has 0 N–H and O–H groups in total. The minimum atomic E-state index is -0.320. The number of rotatable bonds is 2. The Balaban J connectivity index is 2.47. The summed E-state index contributed by atoms with van der Waals surface area (Å²) in [4.78, 5) is 12.9. The van der Waals surface area contributed by atoms with Gasteiger partial charge in [0.15, 0.2) is 0 Å². The Labute approximate surface area is 103 Å². The molecule has 1 aliphatic heterocycles. The van der Waals surface area contributed by atoms with Crippen LogP contribution < -0.4 is 4.90 Å². The fourth-order valence-electron chi connectivity index (χ4n) is 2.18. The zero-order chi connectivity index (χ0) is 11.7. The maximum absolute atomic E-state index is 11.0. The first-order valence-corrected chi connectivity index (χ1v) is 6.09. The molecule has 0 spiro atoms.